The number of furan rings is 1. The molecular formula is C39H43F2N7O6. The van der Waals surface area contributed by atoms with Crippen molar-refractivity contribution in [3.8, 4) is 17.0 Å². The van der Waals surface area contributed by atoms with Gasteiger partial charge in [0.25, 0.3) is 6.43 Å². The summed E-state index contributed by atoms with van der Waals surface area (Å²) in [6.07, 6.45) is 0.109. The Morgan fingerprint density at radius 1 is 1.06 bits per heavy atom. The number of benzene rings is 1. The number of nitrogens with zero attached hydrogens (tertiary/aromatic N) is 7. The molecule has 3 atom stereocenters. The predicted octanol–water partition coefficient (Wildman–Crippen LogP) is 6.20. The average Bonchev–Trinajstić information content (AvgIpc) is 3.72. The van der Waals surface area contributed by atoms with E-state index in [1.807, 2.05) is 31.1 Å². The van der Waals surface area contributed by atoms with E-state index in [0.29, 0.717) is 43.2 Å². The summed E-state index contributed by atoms with van der Waals surface area (Å²) in [5.74, 6) is 0.0306. The van der Waals surface area contributed by atoms with Crippen LogP contribution in [0.25, 0.3) is 33.2 Å². The number of fused-ring (bicyclic) bond motifs is 3. The molecule has 3 aliphatic rings. The molecule has 7 heterocycles. The van der Waals surface area contributed by atoms with Crippen molar-refractivity contribution in [1.29, 1.82) is 0 Å². The number of hydrogen-bond donors (Lipinski definition) is 0. The Bertz CT molecular complexity index is 2200. The van der Waals surface area contributed by atoms with Gasteiger partial charge in [-0.3, -0.25) is 0 Å². The summed E-state index contributed by atoms with van der Waals surface area (Å²) in [5, 5.41) is 0.564. The summed E-state index contributed by atoms with van der Waals surface area (Å²) < 4.78 is 59.4. The van der Waals surface area contributed by atoms with Crippen molar-refractivity contribution in [2.75, 3.05) is 61.7 Å². The normalized spacial score (nSPS) is 21.2. The number of pyridine rings is 2. The monoisotopic (exact) mass is 743 g/mol. The van der Waals surface area contributed by atoms with Crippen molar-refractivity contribution in [3.63, 3.8) is 0 Å². The Hall–Kier alpha value is -5.15. The second-order valence-electron chi connectivity index (χ2n) is 15.3. The van der Waals surface area contributed by atoms with E-state index in [-0.39, 0.29) is 35.9 Å². The molecule has 0 N–H and O–H groups in total. The molecule has 1 aromatic carbocycles. The molecule has 0 radical (unpaired) electrons. The van der Waals surface area contributed by atoms with Gasteiger partial charge in [0.2, 0.25) is 5.88 Å². The number of rotatable bonds is 8. The Morgan fingerprint density at radius 2 is 1.85 bits per heavy atom. The molecule has 1 spiro atoms. The van der Waals surface area contributed by atoms with Crippen molar-refractivity contribution in [3.05, 3.63) is 60.7 Å². The highest BCUT2D eigenvalue weighted by molar-refractivity contribution is 6.06. The molecule has 3 aliphatic heterocycles. The lowest BCUT2D eigenvalue weighted by Gasteiger charge is -2.53. The summed E-state index contributed by atoms with van der Waals surface area (Å²) in [4.78, 5) is 37.6. The zero-order valence-electron chi connectivity index (χ0n) is 31.1. The number of ether oxygens (including phenoxy) is 4. The molecule has 0 bridgehead atoms. The number of aromatic nitrogens is 4. The molecule has 8 rings (SSSR count). The lowest BCUT2D eigenvalue weighted by atomic mass is 9.90. The van der Waals surface area contributed by atoms with Crippen LogP contribution in [0.1, 0.15) is 46.4 Å². The highest BCUT2D eigenvalue weighted by Crippen LogP contribution is 2.42. The minimum atomic E-state index is -2.96. The summed E-state index contributed by atoms with van der Waals surface area (Å²) in [6.45, 7) is 9.59. The van der Waals surface area contributed by atoms with Crippen molar-refractivity contribution in [1.82, 2.24) is 19.9 Å². The van der Waals surface area contributed by atoms with Crippen molar-refractivity contribution >= 4 is 45.4 Å². The highest BCUT2D eigenvalue weighted by atomic mass is 19.3. The topological polar surface area (TPSA) is 128 Å². The number of morpholine rings is 1. The Morgan fingerprint density at radius 3 is 2.57 bits per heavy atom. The molecule has 15 heteroatoms. The SMILES string of the molecule is C[C@@H]1N(c2cc(-c3ccnc(N(C)C)c3)cnc2O[C@H]2C[C@@H](C(=O)OC(C)(C)C)N(c3nc(C(F)F)nc4c3oc3ccccc34)C2)CCOC12COC2. The fourth-order valence-electron chi connectivity index (χ4n) is 7.39. The minimum Gasteiger partial charge on any atom is -0.471 e. The molecule has 54 heavy (non-hydrogen) atoms. The third kappa shape index (κ3) is 6.53. The summed E-state index contributed by atoms with van der Waals surface area (Å²) >= 11 is 0. The van der Waals surface area contributed by atoms with Crippen LogP contribution in [0.5, 0.6) is 5.88 Å². The van der Waals surface area contributed by atoms with Gasteiger partial charge in [0.05, 0.1) is 32.4 Å². The van der Waals surface area contributed by atoms with E-state index in [1.165, 1.54) is 0 Å². The lowest BCUT2D eigenvalue weighted by molar-refractivity contribution is -0.228. The van der Waals surface area contributed by atoms with Gasteiger partial charge in [0.15, 0.2) is 17.2 Å². The standard InChI is InChI=1S/C39H43F2N7O6/c1-22-39(20-50-21-39)51-14-13-47(22)27-15-24(23-11-12-42-30(16-23)46(5)6)18-43-36(27)52-25-17-28(37(49)54-38(2,3)4)48(19-25)35-32-31(44-34(45-35)33(40)41)26-9-7-8-10-29(26)53-32/h7-12,15-16,18,22,25,28,33H,13-14,17,19-21H2,1-6H3/t22-,25-,28-/m0/s1. The van der Waals surface area contributed by atoms with Crippen molar-refractivity contribution in [2.24, 2.45) is 0 Å². The van der Waals surface area contributed by atoms with E-state index in [9.17, 15) is 13.6 Å². The van der Waals surface area contributed by atoms with E-state index in [4.69, 9.17) is 28.3 Å². The van der Waals surface area contributed by atoms with Crippen LogP contribution in [0.4, 0.5) is 26.1 Å². The van der Waals surface area contributed by atoms with Gasteiger partial charge in [-0.05, 0) is 63.6 Å². The second-order valence-corrected chi connectivity index (χ2v) is 15.3. The molecule has 5 aromatic rings. The predicted molar refractivity (Wildman–Crippen MR) is 198 cm³/mol. The quantitative estimate of drug-likeness (QED) is 0.168. The fourth-order valence-corrected chi connectivity index (χ4v) is 7.39. The number of alkyl halides is 2. The van der Waals surface area contributed by atoms with Crippen LogP contribution < -0.4 is 19.4 Å². The lowest BCUT2D eigenvalue weighted by Crippen LogP contribution is -2.68. The first kappa shape index (κ1) is 35.9. The maximum absolute atomic E-state index is 14.3. The van der Waals surface area contributed by atoms with Gasteiger partial charge in [-0.25, -0.2) is 33.5 Å². The highest BCUT2D eigenvalue weighted by Gasteiger charge is 2.50. The van der Waals surface area contributed by atoms with Gasteiger partial charge in [0, 0.05) is 50.4 Å². The molecular weight excluding hydrogens is 700 g/mol. The first-order chi connectivity index (χ1) is 25.8. The van der Waals surface area contributed by atoms with E-state index in [1.54, 1.807) is 62.3 Å². The molecule has 0 saturated carbocycles. The van der Waals surface area contributed by atoms with Crippen LogP contribution in [0.15, 0.2) is 59.3 Å². The third-order valence-electron chi connectivity index (χ3n) is 10.2. The average molecular weight is 744 g/mol. The van der Waals surface area contributed by atoms with Gasteiger partial charge in [-0.1, -0.05) is 12.1 Å². The van der Waals surface area contributed by atoms with E-state index in [0.717, 1.165) is 22.6 Å². The van der Waals surface area contributed by atoms with Gasteiger partial charge >= 0.3 is 5.97 Å². The number of carbonyl (C=O) groups is 1. The molecule has 4 aromatic heterocycles. The number of hydrogen-bond acceptors (Lipinski definition) is 13. The Labute approximate surface area is 311 Å². The number of anilines is 3. The second kappa shape index (κ2) is 13.6. The van der Waals surface area contributed by atoms with E-state index >= 15 is 0 Å². The fraction of sp³-hybridized carbons (Fsp3) is 0.462. The maximum Gasteiger partial charge on any atom is 0.329 e. The number of para-hydroxylation sites is 1. The Balaban J connectivity index is 1.20. The zero-order chi connectivity index (χ0) is 37.9. The number of halogens is 2. The summed E-state index contributed by atoms with van der Waals surface area (Å²) in [5.41, 5.74) is 2.18. The van der Waals surface area contributed by atoms with Crippen LogP contribution >= 0.6 is 0 Å². The first-order valence-corrected chi connectivity index (χ1v) is 18.1. The van der Waals surface area contributed by atoms with Gasteiger partial charge < -0.3 is 38.1 Å². The third-order valence-corrected chi connectivity index (χ3v) is 10.2. The zero-order valence-corrected chi connectivity index (χ0v) is 31.1. The van der Waals surface area contributed by atoms with Crippen LogP contribution in [0, 0.1) is 0 Å². The molecule has 13 nitrogen and oxygen atoms in total. The van der Waals surface area contributed by atoms with Crippen molar-refractivity contribution in [2.45, 2.75) is 69.9 Å². The molecule has 284 valence electrons. The summed E-state index contributed by atoms with van der Waals surface area (Å²) in [7, 11) is 3.87. The molecule has 3 fully saturated rings. The van der Waals surface area contributed by atoms with E-state index < -0.39 is 41.6 Å². The smallest absolute Gasteiger partial charge is 0.329 e. The van der Waals surface area contributed by atoms with Crippen LogP contribution in [0.3, 0.4) is 0 Å². The maximum atomic E-state index is 14.3. The minimum absolute atomic E-state index is 0.0695. The van der Waals surface area contributed by atoms with Gasteiger partial charge in [-0.15, -0.1) is 0 Å². The number of esters is 1. The summed E-state index contributed by atoms with van der Waals surface area (Å²) in [6, 6.07) is 12.0. The van der Waals surface area contributed by atoms with Gasteiger partial charge in [-0.2, -0.15) is 0 Å². The van der Waals surface area contributed by atoms with Crippen LogP contribution in [-0.2, 0) is 19.0 Å². The molecule has 0 unspecified atom stereocenters. The van der Waals surface area contributed by atoms with Gasteiger partial charge in [0.1, 0.15) is 46.0 Å². The number of carbonyl (C=O) groups excluding carboxylic acids is 1. The van der Waals surface area contributed by atoms with Crippen LogP contribution in [-0.4, -0.2) is 102 Å². The molecule has 0 aliphatic carbocycles. The molecule has 0 amide bonds. The largest absolute Gasteiger partial charge is 0.471 e. The van der Waals surface area contributed by atoms with Crippen molar-refractivity contribution < 1.29 is 36.9 Å². The Kier molecular flexibility index (Phi) is 9.04. The van der Waals surface area contributed by atoms with E-state index in [2.05, 4.69) is 32.8 Å². The van der Waals surface area contributed by atoms with Crippen LogP contribution in [0.2, 0.25) is 0 Å². The first-order valence-electron chi connectivity index (χ1n) is 18.1. The molecule has 3 saturated heterocycles.